The zero-order chi connectivity index (χ0) is 17.5. The van der Waals surface area contributed by atoms with E-state index in [9.17, 15) is 14.4 Å². The number of thioether (sulfide) groups is 1. The van der Waals surface area contributed by atoms with Gasteiger partial charge >= 0.3 is 0 Å². The lowest BCUT2D eigenvalue weighted by atomic mass is 10.3. The molecule has 0 bridgehead atoms. The number of hydrogen-bond acceptors (Lipinski definition) is 5. The Kier molecular flexibility index (Phi) is 6.48. The maximum atomic E-state index is 12.3. The minimum atomic E-state index is -0.280. The third kappa shape index (κ3) is 4.89. The van der Waals surface area contributed by atoms with Gasteiger partial charge in [-0.3, -0.25) is 14.4 Å². The summed E-state index contributed by atoms with van der Waals surface area (Å²) in [5.74, 6) is 1.10. The summed E-state index contributed by atoms with van der Waals surface area (Å²) in [4.78, 5) is 38.9. The van der Waals surface area contributed by atoms with Gasteiger partial charge in [0, 0.05) is 12.2 Å². The quantitative estimate of drug-likeness (QED) is 0.793. The van der Waals surface area contributed by atoms with Crippen LogP contribution in [0.15, 0.2) is 24.3 Å². The van der Waals surface area contributed by atoms with Crippen molar-refractivity contribution in [2.24, 2.45) is 0 Å². The van der Waals surface area contributed by atoms with E-state index >= 15 is 0 Å². The Morgan fingerprint density at radius 3 is 2.58 bits per heavy atom. The zero-order valence-corrected chi connectivity index (χ0v) is 14.6. The Balaban J connectivity index is 1.87. The van der Waals surface area contributed by atoms with Crippen LogP contribution in [0.25, 0.3) is 0 Å². The number of carbonyl (C=O) groups is 3. The molecule has 1 N–H and O–H groups in total. The van der Waals surface area contributed by atoms with Crippen molar-refractivity contribution in [2.45, 2.75) is 6.92 Å². The monoisotopic (exact) mass is 351 g/mol. The van der Waals surface area contributed by atoms with Gasteiger partial charge in [-0.2, -0.15) is 0 Å². The third-order valence-electron chi connectivity index (χ3n) is 3.59. The number of likely N-dealkylation sites (N-methyl/N-ethyl adjacent to an activating group) is 1. The third-order valence-corrected chi connectivity index (χ3v) is 4.54. The number of ether oxygens (including phenoxy) is 1. The zero-order valence-electron chi connectivity index (χ0n) is 13.8. The number of hydrogen-bond donors (Lipinski definition) is 1. The van der Waals surface area contributed by atoms with E-state index in [1.807, 2.05) is 0 Å². The average molecular weight is 351 g/mol. The lowest BCUT2D eigenvalue weighted by Crippen LogP contribution is -2.44. The number of amides is 3. The smallest absolute Gasteiger partial charge is 0.243 e. The summed E-state index contributed by atoms with van der Waals surface area (Å²) in [6, 6.07) is 6.95. The predicted molar refractivity (Wildman–Crippen MR) is 92.9 cm³/mol. The second-order valence-corrected chi connectivity index (χ2v) is 6.21. The highest BCUT2D eigenvalue weighted by Gasteiger charge is 2.25. The van der Waals surface area contributed by atoms with E-state index in [1.165, 1.54) is 21.6 Å². The molecule has 1 fully saturated rings. The fraction of sp³-hybridized carbons (Fsp3) is 0.438. The molecule has 1 saturated heterocycles. The number of anilines is 1. The van der Waals surface area contributed by atoms with Gasteiger partial charge in [0.15, 0.2) is 0 Å². The summed E-state index contributed by atoms with van der Waals surface area (Å²) in [6.45, 7) is 2.19. The highest BCUT2D eigenvalue weighted by atomic mass is 32.2. The molecule has 0 unspecified atom stereocenters. The summed E-state index contributed by atoms with van der Waals surface area (Å²) in [5.41, 5.74) is 0.635. The van der Waals surface area contributed by atoms with Crippen LogP contribution in [0, 0.1) is 0 Å². The van der Waals surface area contributed by atoms with Crippen molar-refractivity contribution in [1.29, 1.82) is 0 Å². The number of nitrogens with zero attached hydrogens (tertiary/aromatic N) is 2. The lowest BCUT2D eigenvalue weighted by molar-refractivity contribution is -0.139. The summed E-state index contributed by atoms with van der Waals surface area (Å²) in [6.07, 6.45) is 0. The van der Waals surface area contributed by atoms with Crippen LogP contribution in [0.1, 0.15) is 6.92 Å². The number of benzene rings is 1. The average Bonchev–Trinajstić information content (AvgIpc) is 2.98. The summed E-state index contributed by atoms with van der Waals surface area (Å²) >= 11 is 1.49. The number of rotatable bonds is 7. The molecule has 130 valence electrons. The van der Waals surface area contributed by atoms with Crippen molar-refractivity contribution < 1.29 is 19.1 Å². The Morgan fingerprint density at radius 2 is 2.04 bits per heavy atom. The molecule has 0 aliphatic carbocycles. The van der Waals surface area contributed by atoms with Crippen molar-refractivity contribution in [3.63, 3.8) is 0 Å². The van der Waals surface area contributed by atoms with E-state index in [-0.39, 0.29) is 30.8 Å². The minimum Gasteiger partial charge on any atom is -0.497 e. The second kappa shape index (κ2) is 8.58. The summed E-state index contributed by atoms with van der Waals surface area (Å²) < 4.78 is 5.06. The predicted octanol–water partition coefficient (Wildman–Crippen LogP) is 1.02. The van der Waals surface area contributed by atoms with E-state index < -0.39 is 0 Å². The standard InChI is InChI=1S/C16H21N3O4S/c1-3-18(15(21)9-19-11-24-10-16(19)22)8-14(20)17-12-4-6-13(23-2)7-5-12/h4-7H,3,8-11H2,1-2H3,(H,17,20). The normalized spacial score (nSPS) is 13.8. The first-order valence-electron chi connectivity index (χ1n) is 7.60. The Hall–Kier alpha value is -2.22. The van der Waals surface area contributed by atoms with Gasteiger partial charge in [0.1, 0.15) is 12.3 Å². The molecule has 1 aromatic carbocycles. The molecule has 0 radical (unpaired) electrons. The van der Waals surface area contributed by atoms with Crippen LogP contribution in [0.4, 0.5) is 5.69 Å². The Labute approximate surface area is 145 Å². The van der Waals surface area contributed by atoms with Gasteiger partial charge in [0.25, 0.3) is 0 Å². The van der Waals surface area contributed by atoms with E-state index in [0.29, 0.717) is 29.6 Å². The number of carbonyl (C=O) groups excluding carboxylic acids is 3. The van der Waals surface area contributed by atoms with Gasteiger partial charge in [-0.15, -0.1) is 11.8 Å². The van der Waals surface area contributed by atoms with Gasteiger partial charge < -0.3 is 19.9 Å². The van der Waals surface area contributed by atoms with Gasteiger partial charge in [0.2, 0.25) is 17.7 Å². The van der Waals surface area contributed by atoms with E-state index in [4.69, 9.17) is 4.74 Å². The molecule has 24 heavy (non-hydrogen) atoms. The van der Waals surface area contributed by atoms with Crippen LogP contribution in [0.3, 0.4) is 0 Å². The van der Waals surface area contributed by atoms with Crippen LogP contribution in [-0.2, 0) is 14.4 Å². The van der Waals surface area contributed by atoms with Gasteiger partial charge in [0.05, 0.1) is 25.3 Å². The van der Waals surface area contributed by atoms with Crippen LogP contribution in [0.2, 0.25) is 0 Å². The number of methoxy groups -OCH3 is 1. The van der Waals surface area contributed by atoms with Crippen LogP contribution in [-0.4, -0.2) is 65.9 Å². The van der Waals surface area contributed by atoms with Gasteiger partial charge in [-0.05, 0) is 31.2 Å². The molecule has 0 aromatic heterocycles. The first kappa shape index (κ1) is 18.1. The topological polar surface area (TPSA) is 79.0 Å². The SMILES string of the molecule is CCN(CC(=O)Nc1ccc(OC)cc1)C(=O)CN1CSCC1=O. The molecule has 1 aromatic rings. The van der Waals surface area contributed by atoms with Crippen LogP contribution in [0.5, 0.6) is 5.75 Å². The molecule has 1 aliphatic rings. The van der Waals surface area contributed by atoms with Crippen molar-refractivity contribution in [2.75, 3.05) is 43.7 Å². The lowest BCUT2D eigenvalue weighted by Gasteiger charge is -2.23. The highest BCUT2D eigenvalue weighted by molar-refractivity contribution is 8.00. The fourth-order valence-corrected chi connectivity index (χ4v) is 3.13. The number of nitrogens with one attached hydrogen (secondary N) is 1. The molecule has 0 saturated carbocycles. The van der Waals surface area contributed by atoms with Crippen molar-refractivity contribution >= 4 is 35.2 Å². The van der Waals surface area contributed by atoms with Crippen molar-refractivity contribution in [1.82, 2.24) is 9.80 Å². The highest BCUT2D eigenvalue weighted by Crippen LogP contribution is 2.16. The van der Waals surface area contributed by atoms with Gasteiger partial charge in [-0.1, -0.05) is 0 Å². The maximum absolute atomic E-state index is 12.3. The van der Waals surface area contributed by atoms with Crippen molar-refractivity contribution in [3.05, 3.63) is 24.3 Å². The molecule has 8 heteroatoms. The fourth-order valence-electron chi connectivity index (χ4n) is 2.23. The van der Waals surface area contributed by atoms with Gasteiger partial charge in [-0.25, -0.2) is 0 Å². The van der Waals surface area contributed by atoms with E-state index in [1.54, 1.807) is 38.3 Å². The summed E-state index contributed by atoms with van der Waals surface area (Å²) in [5, 5.41) is 2.74. The molecule has 1 aliphatic heterocycles. The molecule has 2 rings (SSSR count). The molecule has 1 heterocycles. The molecule has 0 spiro atoms. The molecular formula is C16H21N3O4S. The van der Waals surface area contributed by atoms with Crippen LogP contribution < -0.4 is 10.1 Å². The van der Waals surface area contributed by atoms with Crippen molar-refractivity contribution in [3.8, 4) is 5.75 Å². The van der Waals surface area contributed by atoms with E-state index in [0.717, 1.165) is 0 Å². The summed E-state index contributed by atoms with van der Waals surface area (Å²) in [7, 11) is 1.57. The molecular weight excluding hydrogens is 330 g/mol. The first-order chi connectivity index (χ1) is 11.5. The molecule has 7 nitrogen and oxygen atoms in total. The van der Waals surface area contributed by atoms with E-state index in [2.05, 4.69) is 5.32 Å². The molecule has 0 atom stereocenters. The Morgan fingerprint density at radius 1 is 1.33 bits per heavy atom. The second-order valence-electron chi connectivity index (χ2n) is 5.25. The minimum absolute atomic E-state index is 0.0233. The maximum Gasteiger partial charge on any atom is 0.243 e. The largest absolute Gasteiger partial charge is 0.497 e. The van der Waals surface area contributed by atoms with Crippen LogP contribution >= 0.6 is 11.8 Å². The first-order valence-corrected chi connectivity index (χ1v) is 8.76. The Bertz CT molecular complexity index is 606. The molecule has 3 amide bonds.